The maximum absolute atomic E-state index is 10.2. The van der Waals surface area contributed by atoms with Gasteiger partial charge in [-0.15, -0.1) is 0 Å². The van der Waals surface area contributed by atoms with E-state index in [2.05, 4.69) is 25.9 Å². The third kappa shape index (κ3) is 0.991. The molecule has 14 heavy (non-hydrogen) atoms. The number of aliphatic hydroxyl groups is 1. The molecule has 80 valence electrons. The zero-order chi connectivity index (χ0) is 10.5. The van der Waals surface area contributed by atoms with E-state index in [0.29, 0.717) is 17.8 Å². The predicted molar refractivity (Wildman–Crippen MR) is 55.0 cm³/mol. The van der Waals surface area contributed by atoms with Crippen molar-refractivity contribution in [2.45, 2.75) is 33.3 Å². The number of hydrogen-bond acceptors (Lipinski definition) is 3. The van der Waals surface area contributed by atoms with Crippen molar-refractivity contribution >= 4 is 5.71 Å². The van der Waals surface area contributed by atoms with Crippen molar-refractivity contribution in [3.8, 4) is 0 Å². The Morgan fingerprint density at radius 1 is 1.57 bits per heavy atom. The summed E-state index contributed by atoms with van der Waals surface area (Å²) in [5.41, 5.74) is 0.953. The lowest BCUT2D eigenvalue weighted by molar-refractivity contribution is 0.116. The van der Waals surface area contributed by atoms with Crippen LogP contribution in [-0.2, 0) is 4.84 Å². The van der Waals surface area contributed by atoms with Crippen LogP contribution in [0.3, 0.4) is 0 Å². The van der Waals surface area contributed by atoms with Gasteiger partial charge in [-0.2, -0.15) is 0 Å². The molecule has 0 aromatic carbocycles. The van der Waals surface area contributed by atoms with Crippen LogP contribution in [0.1, 0.15) is 27.2 Å². The molecule has 4 atom stereocenters. The van der Waals surface area contributed by atoms with Crippen LogP contribution in [-0.4, -0.2) is 24.0 Å². The topological polar surface area (TPSA) is 41.8 Å². The van der Waals surface area contributed by atoms with Crippen molar-refractivity contribution in [2.24, 2.45) is 28.3 Å². The molecule has 2 rings (SSSR count). The molecule has 0 aliphatic heterocycles. The molecule has 3 nitrogen and oxygen atoms in total. The molecule has 4 unspecified atom stereocenters. The van der Waals surface area contributed by atoms with E-state index in [4.69, 9.17) is 4.84 Å². The van der Waals surface area contributed by atoms with Crippen LogP contribution in [0.4, 0.5) is 0 Å². The molecule has 0 saturated heterocycles. The molecule has 0 aromatic heterocycles. The third-order valence-electron chi connectivity index (χ3n) is 4.23. The fourth-order valence-electron chi connectivity index (χ4n) is 3.23. The average Bonchev–Trinajstić information content (AvgIpc) is 2.83. The van der Waals surface area contributed by atoms with Gasteiger partial charge in [0.2, 0.25) is 0 Å². The highest BCUT2D eigenvalue weighted by Gasteiger charge is 2.69. The van der Waals surface area contributed by atoms with Gasteiger partial charge in [-0.1, -0.05) is 25.9 Å². The minimum absolute atomic E-state index is 0.108. The molecule has 2 aliphatic rings. The first-order chi connectivity index (χ1) is 6.55. The summed E-state index contributed by atoms with van der Waals surface area (Å²) in [5.74, 6) is 1.52. The Labute approximate surface area is 85.1 Å². The monoisotopic (exact) mass is 197 g/mol. The first kappa shape index (κ1) is 9.97. The summed E-state index contributed by atoms with van der Waals surface area (Å²) in [4.78, 5) is 4.79. The maximum Gasteiger partial charge on any atom is 0.106 e. The van der Waals surface area contributed by atoms with Crippen LogP contribution in [0.5, 0.6) is 0 Å². The summed E-state index contributed by atoms with van der Waals surface area (Å²) in [7, 11) is 1.54. The van der Waals surface area contributed by atoms with Crippen molar-refractivity contribution in [1.29, 1.82) is 0 Å². The van der Waals surface area contributed by atoms with E-state index in [0.717, 1.165) is 12.1 Å². The van der Waals surface area contributed by atoms with E-state index in [1.807, 2.05) is 0 Å². The second-order valence-electron chi connectivity index (χ2n) is 4.97. The van der Waals surface area contributed by atoms with E-state index in [9.17, 15) is 5.11 Å². The van der Waals surface area contributed by atoms with Crippen molar-refractivity contribution in [1.82, 2.24) is 0 Å². The molecular weight excluding hydrogens is 178 g/mol. The summed E-state index contributed by atoms with van der Waals surface area (Å²) in [6.45, 7) is 6.51. The fraction of sp³-hybridized carbons (Fsp3) is 0.909. The van der Waals surface area contributed by atoms with Gasteiger partial charge in [0.15, 0.2) is 0 Å². The second kappa shape index (κ2) is 2.96. The zero-order valence-corrected chi connectivity index (χ0v) is 9.32. The minimum Gasteiger partial charge on any atom is -0.399 e. The van der Waals surface area contributed by atoms with E-state index >= 15 is 0 Å². The highest BCUT2D eigenvalue weighted by molar-refractivity contribution is 5.95. The standard InChI is InChI=1S/C11H19NO2/c1-6(2)11-5-8(11)7(3)9(10(11)13)12-14-4/h6-8,10,13H,5H2,1-4H3/b12-9+. The van der Waals surface area contributed by atoms with Gasteiger partial charge in [-0.25, -0.2) is 0 Å². The number of hydrogen-bond donors (Lipinski definition) is 1. The molecule has 0 aromatic rings. The molecule has 0 bridgehead atoms. The van der Waals surface area contributed by atoms with Crippen LogP contribution < -0.4 is 0 Å². The fourth-order valence-corrected chi connectivity index (χ4v) is 3.23. The highest BCUT2D eigenvalue weighted by atomic mass is 16.6. The van der Waals surface area contributed by atoms with Crippen LogP contribution in [0, 0.1) is 23.2 Å². The van der Waals surface area contributed by atoms with Crippen molar-refractivity contribution in [3.63, 3.8) is 0 Å². The molecule has 2 saturated carbocycles. The Morgan fingerprint density at radius 3 is 2.64 bits per heavy atom. The Bertz CT molecular complexity index is 274. The van der Waals surface area contributed by atoms with Crippen LogP contribution >= 0.6 is 0 Å². The van der Waals surface area contributed by atoms with Crippen molar-refractivity contribution in [2.75, 3.05) is 7.11 Å². The molecule has 0 heterocycles. The Balaban J connectivity index is 2.27. The van der Waals surface area contributed by atoms with Gasteiger partial charge >= 0.3 is 0 Å². The lowest BCUT2D eigenvalue weighted by Gasteiger charge is -2.22. The number of aliphatic hydroxyl groups excluding tert-OH is 1. The van der Waals surface area contributed by atoms with E-state index < -0.39 is 0 Å². The van der Waals surface area contributed by atoms with E-state index in [1.165, 1.54) is 0 Å². The Morgan fingerprint density at radius 2 is 2.21 bits per heavy atom. The lowest BCUT2D eigenvalue weighted by Crippen LogP contribution is -2.31. The molecule has 0 amide bonds. The largest absolute Gasteiger partial charge is 0.399 e. The van der Waals surface area contributed by atoms with Gasteiger partial charge in [0.1, 0.15) is 13.2 Å². The zero-order valence-electron chi connectivity index (χ0n) is 9.32. The normalized spacial score (nSPS) is 48.4. The Kier molecular flexibility index (Phi) is 2.11. The van der Waals surface area contributed by atoms with Crippen LogP contribution in [0.2, 0.25) is 0 Å². The summed E-state index contributed by atoms with van der Waals surface area (Å²) in [5, 5.41) is 14.2. The minimum atomic E-state index is -0.387. The smallest absolute Gasteiger partial charge is 0.106 e. The average molecular weight is 197 g/mol. The Hall–Kier alpha value is -0.570. The number of rotatable bonds is 2. The SMILES string of the molecule is CO/N=C1\C(C)C2CC2(C(C)C)C1O. The first-order valence-electron chi connectivity index (χ1n) is 5.34. The van der Waals surface area contributed by atoms with Crippen LogP contribution in [0.25, 0.3) is 0 Å². The van der Waals surface area contributed by atoms with Gasteiger partial charge < -0.3 is 9.94 Å². The van der Waals surface area contributed by atoms with Gasteiger partial charge in [-0.05, 0) is 18.3 Å². The number of nitrogens with zero attached hydrogens (tertiary/aromatic N) is 1. The molecular formula is C11H19NO2. The summed E-state index contributed by atoms with van der Waals surface area (Å²) < 4.78 is 0. The van der Waals surface area contributed by atoms with E-state index in [-0.39, 0.29) is 11.5 Å². The van der Waals surface area contributed by atoms with Gasteiger partial charge in [0.25, 0.3) is 0 Å². The molecule has 0 spiro atoms. The molecule has 2 fully saturated rings. The predicted octanol–water partition coefficient (Wildman–Crippen LogP) is 1.66. The number of fused-ring (bicyclic) bond motifs is 1. The van der Waals surface area contributed by atoms with Gasteiger partial charge in [-0.3, -0.25) is 0 Å². The highest BCUT2D eigenvalue weighted by Crippen LogP contribution is 2.68. The first-order valence-corrected chi connectivity index (χ1v) is 5.34. The quantitative estimate of drug-likeness (QED) is 0.684. The summed E-state index contributed by atoms with van der Waals surface area (Å²) in [6, 6.07) is 0. The van der Waals surface area contributed by atoms with E-state index in [1.54, 1.807) is 7.11 Å². The molecule has 3 heteroatoms. The van der Waals surface area contributed by atoms with Gasteiger partial charge in [0.05, 0.1) is 5.71 Å². The van der Waals surface area contributed by atoms with Crippen LogP contribution in [0.15, 0.2) is 5.16 Å². The number of oxime groups is 1. The maximum atomic E-state index is 10.2. The van der Waals surface area contributed by atoms with Gasteiger partial charge in [0, 0.05) is 11.3 Å². The molecule has 0 radical (unpaired) electrons. The summed E-state index contributed by atoms with van der Waals surface area (Å²) in [6.07, 6.45) is 0.762. The molecule has 1 N–H and O–H groups in total. The van der Waals surface area contributed by atoms with Crippen molar-refractivity contribution in [3.05, 3.63) is 0 Å². The second-order valence-corrected chi connectivity index (χ2v) is 4.97. The van der Waals surface area contributed by atoms with Crippen molar-refractivity contribution < 1.29 is 9.94 Å². The summed E-state index contributed by atoms with van der Waals surface area (Å²) >= 11 is 0. The lowest BCUT2D eigenvalue weighted by atomic mass is 9.87. The third-order valence-corrected chi connectivity index (χ3v) is 4.23. The molecule has 2 aliphatic carbocycles.